The smallest absolute Gasteiger partial charge is 0.279 e. The van der Waals surface area contributed by atoms with E-state index >= 15 is 0 Å². The quantitative estimate of drug-likeness (QED) is 0.748. The molecule has 1 aliphatic rings. The molecule has 1 aliphatic heterocycles. The van der Waals surface area contributed by atoms with Crippen LogP contribution < -0.4 is 10.0 Å². The Kier molecular flexibility index (Phi) is 4.06. The van der Waals surface area contributed by atoms with Gasteiger partial charge in [-0.05, 0) is 12.1 Å². The Balaban J connectivity index is 1.93. The third-order valence-electron chi connectivity index (χ3n) is 2.58. The molecule has 6 nitrogen and oxygen atoms in total. The van der Waals surface area contributed by atoms with Crippen molar-refractivity contribution in [3.8, 4) is 0 Å². The predicted molar refractivity (Wildman–Crippen MR) is 64.4 cm³/mol. The van der Waals surface area contributed by atoms with Gasteiger partial charge in [-0.1, -0.05) is 6.07 Å². The number of rotatable bonds is 4. The lowest BCUT2D eigenvalue weighted by Gasteiger charge is -2.26. The SMILES string of the molecule is O=S(=O)(NCc1ccccn1)N1CCNCC1. The fourth-order valence-electron chi connectivity index (χ4n) is 1.64. The van der Waals surface area contributed by atoms with Crippen LogP contribution in [0.15, 0.2) is 24.4 Å². The summed E-state index contributed by atoms with van der Waals surface area (Å²) in [6.45, 7) is 2.65. The van der Waals surface area contributed by atoms with E-state index < -0.39 is 10.2 Å². The van der Waals surface area contributed by atoms with Gasteiger partial charge in [-0.15, -0.1) is 0 Å². The van der Waals surface area contributed by atoms with E-state index in [1.165, 1.54) is 4.31 Å². The van der Waals surface area contributed by atoms with Gasteiger partial charge in [0.1, 0.15) is 0 Å². The Morgan fingerprint density at radius 1 is 1.35 bits per heavy atom. The molecule has 0 radical (unpaired) electrons. The van der Waals surface area contributed by atoms with Gasteiger partial charge < -0.3 is 5.32 Å². The molecular weight excluding hydrogens is 240 g/mol. The van der Waals surface area contributed by atoms with Crippen molar-refractivity contribution >= 4 is 10.2 Å². The molecule has 2 heterocycles. The van der Waals surface area contributed by atoms with Gasteiger partial charge in [0.05, 0.1) is 12.2 Å². The Hall–Kier alpha value is -1.02. The standard InChI is InChI=1S/C10H16N4O2S/c15-17(16,14-7-5-11-6-8-14)13-9-10-3-1-2-4-12-10/h1-4,11,13H,5-9H2. The van der Waals surface area contributed by atoms with Gasteiger partial charge >= 0.3 is 0 Å². The van der Waals surface area contributed by atoms with Crippen molar-refractivity contribution in [3.63, 3.8) is 0 Å². The number of aromatic nitrogens is 1. The van der Waals surface area contributed by atoms with Crippen molar-refractivity contribution in [2.45, 2.75) is 6.54 Å². The van der Waals surface area contributed by atoms with Crippen LogP contribution in [-0.2, 0) is 16.8 Å². The molecule has 1 fully saturated rings. The van der Waals surface area contributed by atoms with Gasteiger partial charge in [0.25, 0.3) is 10.2 Å². The van der Waals surface area contributed by atoms with E-state index in [-0.39, 0.29) is 6.54 Å². The number of nitrogens with one attached hydrogen (secondary N) is 2. The number of nitrogens with zero attached hydrogens (tertiary/aromatic N) is 2. The molecule has 0 amide bonds. The summed E-state index contributed by atoms with van der Waals surface area (Å²) in [6.07, 6.45) is 1.65. The summed E-state index contributed by atoms with van der Waals surface area (Å²) in [5.74, 6) is 0. The average molecular weight is 256 g/mol. The highest BCUT2D eigenvalue weighted by Crippen LogP contribution is 2.01. The molecule has 0 unspecified atom stereocenters. The zero-order valence-corrected chi connectivity index (χ0v) is 10.3. The van der Waals surface area contributed by atoms with Gasteiger partial charge in [-0.3, -0.25) is 4.98 Å². The molecule has 1 aromatic heterocycles. The second-order valence-electron chi connectivity index (χ2n) is 3.80. The van der Waals surface area contributed by atoms with Crippen molar-refractivity contribution in [2.75, 3.05) is 26.2 Å². The van der Waals surface area contributed by atoms with Gasteiger partial charge in [-0.2, -0.15) is 17.4 Å². The van der Waals surface area contributed by atoms with Crippen molar-refractivity contribution in [2.24, 2.45) is 0 Å². The number of pyridine rings is 1. The molecule has 0 spiro atoms. The van der Waals surface area contributed by atoms with E-state index in [1.54, 1.807) is 18.3 Å². The summed E-state index contributed by atoms with van der Waals surface area (Å²) in [6, 6.07) is 5.43. The highest BCUT2D eigenvalue weighted by atomic mass is 32.2. The molecule has 2 rings (SSSR count). The van der Waals surface area contributed by atoms with Crippen LogP contribution in [0.4, 0.5) is 0 Å². The highest BCUT2D eigenvalue weighted by molar-refractivity contribution is 7.87. The zero-order chi connectivity index (χ0) is 12.1. The lowest BCUT2D eigenvalue weighted by Crippen LogP contribution is -2.50. The fourth-order valence-corrected chi connectivity index (χ4v) is 2.82. The second kappa shape index (κ2) is 5.54. The molecule has 94 valence electrons. The van der Waals surface area contributed by atoms with Gasteiger partial charge in [-0.25, -0.2) is 0 Å². The third-order valence-corrected chi connectivity index (χ3v) is 4.13. The van der Waals surface area contributed by atoms with Crippen molar-refractivity contribution < 1.29 is 8.42 Å². The van der Waals surface area contributed by atoms with Crippen LogP contribution in [-0.4, -0.2) is 43.9 Å². The van der Waals surface area contributed by atoms with Crippen LogP contribution in [0.25, 0.3) is 0 Å². The lowest BCUT2D eigenvalue weighted by molar-refractivity contribution is 0.354. The highest BCUT2D eigenvalue weighted by Gasteiger charge is 2.22. The summed E-state index contributed by atoms with van der Waals surface area (Å²) >= 11 is 0. The molecule has 0 atom stereocenters. The molecule has 17 heavy (non-hydrogen) atoms. The minimum absolute atomic E-state index is 0.229. The molecule has 0 saturated carbocycles. The number of hydrogen-bond acceptors (Lipinski definition) is 4. The normalized spacial score (nSPS) is 18.1. The van der Waals surface area contributed by atoms with Gasteiger partial charge in [0, 0.05) is 32.4 Å². The minimum atomic E-state index is -3.38. The number of piperazine rings is 1. The van der Waals surface area contributed by atoms with Crippen molar-refractivity contribution in [3.05, 3.63) is 30.1 Å². The molecule has 7 heteroatoms. The average Bonchev–Trinajstić information content (AvgIpc) is 2.39. The van der Waals surface area contributed by atoms with Crippen LogP contribution in [0.1, 0.15) is 5.69 Å². The van der Waals surface area contributed by atoms with E-state index in [0.29, 0.717) is 31.9 Å². The molecule has 1 saturated heterocycles. The van der Waals surface area contributed by atoms with Gasteiger partial charge in [0.2, 0.25) is 0 Å². The van der Waals surface area contributed by atoms with E-state index in [1.807, 2.05) is 6.07 Å². The summed E-state index contributed by atoms with van der Waals surface area (Å²) in [4.78, 5) is 4.07. The Bertz CT molecular complexity index is 443. The van der Waals surface area contributed by atoms with Crippen LogP contribution in [0.3, 0.4) is 0 Å². The largest absolute Gasteiger partial charge is 0.314 e. The fraction of sp³-hybridized carbons (Fsp3) is 0.500. The zero-order valence-electron chi connectivity index (χ0n) is 9.46. The van der Waals surface area contributed by atoms with Crippen molar-refractivity contribution in [1.29, 1.82) is 0 Å². The first-order valence-corrected chi connectivity index (χ1v) is 6.98. The minimum Gasteiger partial charge on any atom is -0.314 e. The molecule has 0 bridgehead atoms. The van der Waals surface area contributed by atoms with Crippen LogP contribution in [0.2, 0.25) is 0 Å². The summed E-state index contributed by atoms with van der Waals surface area (Å²) in [5.41, 5.74) is 0.714. The van der Waals surface area contributed by atoms with E-state index in [9.17, 15) is 8.42 Å². The van der Waals surface area contributed by atoms with Crippen LogP contribution in [0.5, 0.6) is 0 Å². The Morgan fingerprint density at radius 2 is 2.12 bits per heavy atom. The monoisotopic (exact) mass is 256 g/mol. The first-order chi connectivity index (χ1) is 8.18. The summed E-state index contributed by atoms with van der Waals surface area (Å²) < 4.78 is 27.8. The van der Waals surface area contributed by atoms with Crippen LogP contribution in [0, 0.1) is 0 Å². The van der Waals surface area contributed by atoms with E-state index in [0.717, 1.165) is 0 Å². The lowest BCUT2D eigenvalue weighted by atomic mass is 10.4. The molecule has 2 N–H and O–H groups in total. The topological polar surface area (TPSA) is 74.3 Å². The molecule has 1 aromatic rings. The molecule has 0 aliphatic carbocycles. The maximum atomic E-state index is 11.9. The Labute approximate surface area is 101 Å². The first kappa shape index (κ1) is 12.4. The number of hydrogen-bond donors (Lipinski definition) is 2. The van der Waals surface area contributed by atoms with Crippen LogP contribution >= 0.6 is 0 Å². The maximum Gasteiger partial charge on any atom is 0.279 e. The first-order valence-electron chi connectivity index (χ1n) is 5.54. The second-order valence-corrected chi connectivity index (χ2v) is 5.55. The van der Waals surface area contributed by atoms with Crippen molar-refractivity contribution in [1.82, 2.24) is 19.3 Å². The van der Waals surface area contributed by atoms with E-state index in [2.05, 4.69) is 15.0 Å². The van der Waals surface area contributed by atoms with E-state index in [4.69, 9.17) is 0 Å². The third kappa shape index (κ3) is 3.47. The van der Waals surface area contributed by atoms with Gasteiger partial charge in [0.15, 0.2) is 0 Å². The molecule has 0 aromatic carbocycles. The predicted octanol–water partition coefficient (Wildman–Crippen LogP) is -0.679. The summed E-state index contributed by atoms with van der Waals surface area (Å²) in [7, 11) is -3.38. The summed E-state index contributed by atoms with van der Waals surface area (Å²) in [5, 5.41) is 3.11. The molecular formula is C10H16N4O2S. The maximum absolute atomic E-state index is 11.9. The Morgan fingerprint density at radius 3 is 2.76 bits per heavy atom.